The Bertz CT molecular complexity index is 625. The molecule has 110 valence electrons. The number of hydrogen-bond donors (Lipinski definition) is 1. The van der Waals surface area contributed by atoms with Crippen LogP contribution < -0.4 is 10.2 Å². The molecule has 2 heterocycles. The lowest BCUT2D eigenvalue weighted by atomic mass is 10.1. The Hall–Kier alpha value is -2.21. The van der Waals surface area contributed by atoms with Crippen LogP contribution in [0.2, 0.25) is 0 Å². The monoisotopic (exact) mass is 285 g/mol. The van der Waals surface area contributed by atoms with Crippen molar-refractivity contribution in [3.8, 4) is 0 Å². The maximum atomic E-state index is 5.35. The maximum Gasteiger partial charge on any atom is 0.249 e. The molecule has 6 nitrogen and oxygen atoms in total. The van der Waals surface area contributed by atoms with Crippen molar-refractivity contribution in [1.82, 2.24) is 15.2 Å². The zero-order valence-corrected chi connectivity index (χ0v) is 12.3. The van der Waals surface area contributed by atoms with E-state index in [1.165, 1.54) is 5.56 Å². The van der Waals surface area contributed by atoms with E-state index in [0.29, 0.717) is 5.95 Å². The van der Waals surface area contributed by atoms with Gasteiger partial charge >= 0.3 is 0 Å². The van der Waals surface area contributed by atoms with Crippen LogP contribution in [0.15, 0.2) is 24.4 Å². The van der Waals surface area contributed by atoms with Gasteiger partial charge in [0, 0.05) is 18.8 Å². The normalized spacial score (nSPS) is 15.0. The third-order valence-electron chi connectivity index (χ3n) is 3.52. The minimum absolute atomic E-state index is 0.521. The van der Waals surface area contributed by atoms with Crippen molar-refractivity contribution in [3.05, 3.63) is 35.5 Å². The molecule has 6 heteroatoms. The standard InChI is InChI=1S/C15H19N5O/c1-11-3-4-12(2)13(9-11)17-15-18-14(10-16-19-15)20-5-7-21-8-6-20/h3-4,9-10H,5-8H2,1-2H3,(H,17,18,19). The number of morpholine rings is 1. The van der Waals surface area contributed by atoms with Gasteiger partial charge in [-0.15, -0.1) is 5.10 Å². The average molecular weight is 285 g/mol. The minimum Gasteiger partial charge on any atom is -0.378 e. The number of nitrogens with zero attached hydrogens (tertiary/aromatic N) is 4. The summed E-state index contributed by atoms with van der Waals surface area (Å²) >= 11 is 0. The third-order valence-corrected chi connectivity index (χ3v) is 3.52. The summed E-state index contributed by atoms with van der Waals surface area (Å²) in [6, 6.07) is 6.25. The van der Waals surface area contributed by atoms with Gasteiger partial charge in [-0.25, -0.2) is 0 Å². The highest BCUT2D eigenvalue weighted by Crippen LogP contribution is 2.20. The van der Waals surface area contributed by atoms with Crippen molar-refractivity contribution < 1.29 is 4.74 Å². The summed E-state index contributed by atoms with van der Waals surface area (Å²) < 4.78 is 5.35. The van der Waals surface area contributed by atoms with E-state index in [2.05, 4.69) is 57.4 Å². The summed E-state index contributed by atoms with van der Waals surface area (Å²) in [6.45, 7) is 7.24. The number of aryl methyl sites for hydroxylation is 2. The molecule has 0 aliphatic carbocycles. The maximum absolute atomic E-state index is 5.35. The molecule has 0 atom stereocenters. The van der Waals surface area contributed by atoms with Crippen LogP contribution in [0, 0.1) is 13.8 Å². The van der Waals surface area contributed by atoms with Crippen LogP contribution in [0.4, 0.5) is 17.5 Å². The van der Waals surface area contributed by atoms with Gasteiger partial charge in [-0.1, -0.05) is 12.1 Å². The summed E-state index contributed by atoms with van der Waals surface area (Å²) in [5.74, 6) is 1.36. The molecule has 1 saturated heterocycles. The Morgan fingerprint density at radius 3 is 2.81 bits per heavy atom. The highest BCUT2D eigenvalue weighted by Gasteiger charge is 2.14. The molecule has 3 rings (SSSR count). The first-order valence-electron chi connectivity index (χ1n) is 7.09. The van der Waals surface area contributed by atoms with E-state index in [0.717, 1.165) is 43.4 Å². The van der Waals surface area contributed by atoms with Gasteiger partial charge in [-0.3, -0.25) is 0 Å². The van der Waals surface area contributed by atoms with Crippen LogP contribution in [0.25, 0.3) is 0 Å². The molecule has 1 aromatic heterocycles. The van der Waals surface area contributed by atoms with E-state index in [-0.39, 0.29) is 0 Å². The first kappa shape index (κ1) is 13.8. The van der Waals surface area contributed by atoms with Gasteiger partial charge in [0.15, 0.2) is 5.82 Å². The molecular weight excluding hydrogens is 266 g/mol. The van der Waals surface area contributed by atoms with Crippen molar-refractivity contribution in [1.29, 1.82) is 0 Å². The lowest BCUT2D eigenvalue weighted by molar-refractivity contribution is 0.122. The number of ether oxygens (including phenoxy) is 1. The fourth-order valence-electron chi connectivity index (χ4n) is 2.28. The molecule has 1 fully saturated rings. The van der Waals surface area contributed by atoms with Gasteiger partial charge in [-0.05, 0) is 31.0 Å². The number of rotatable bonds is 3. The van der Waals surface area contributed by atoms with Crippen LogP contribution >= 0.6 is 0 Å². The number of benzene rings is 1. The summed E-state index contributed by atoms with van der Waals surface area (Å²) in [5, 5.41) is 11.4. The van der Waals surface area contributed by atoms with E-state index in [1.807, 2.05) is 0 Å². The lowest BCUT2D eigenvalue weighted by Crippen LogP contribution is -2.37. The molecule has 0 spiro atoms. The first-order chi connectivity index (χ1) is 10.2. The molecule has 0 saturated carbocycles. The third kappa shape index (κ3) is 3.28. The van der Waals surface area contributed by atoms with Crippen LogP contribution in [-0.4, -0.2) is 41.5 Å². The summed E-state index contributed by atoms with van der Waals surface area (Å²) in [7, 11) is 0. The minimum atomic E-state index is 0.521. The predicted molar refractivity (Wildman–Crippen MR) is 82.1 cm³/mol. The van der Waals surface area contributed by atoms with Crippen molar-refractivity contribution in [3.63, 3.8) is 0 Å². The molecule has 1 aliphatic heterocycles. The Morgan fingerprint density at radius 2 is 2.00 bits per heavy atom. The molecule has 0 radical (unpaired) electrons. The molecular formula is C15H19N5O. The van der Waals surface area contributed by atoms with Crippen molar-refractivity contribution in [2.75, 3.05) is 36.5 Å². The molecule has 0 unspecified atom stereocenters. The lowest BCUT2D eigenvalue weighted by Gasteiger charge is -2.27. The Labute approximate surface area is 124 Å². The molecule has 1 aromatic carbocycles. The Balaban J connectivity index is 1.81. The van der Waals surface area contributed by atoms with Crippen molar-refractivity contribution in [2.24, 2.45) is 0 Å². The quantitative estimate of drug-likeness (QED) is 0.931. The van der Waals surface area contributed by atoms with Crippen LogP contribution in [0.5, 0.6) is 0 Å². The van der Waals surface area contributed by atoms with Gasteiger partial charge in [0.25, 0.3) is 0 Å². The topological polar surface area (TPSA) is 63.2 Å². The largest absolute Gasteiger partial charge is 0.378 e. The molecule has 0 bridgehead atoms. The van der Waals surface area contributed by atoms with Crippen LogP contribution in [-0.2, 0) is 4.74 Å². The van der Waals surface area contributed by atoms with Gasteiger partial charge in [0.2, 0.25) is 5.95 Å². The second-order valence-electron chi connectivity index (χ2n) is 5.18. The van der Waals surface area contributed by atoms with Crippen LogP contribution in [0.1, 0.15) is 11.1 Å². The molecule has 1 N–H and O–H groups in total. The van der Waals surface area contributed by atoms with E-state index in [4.69, 9.17) is 4.74 Å². The van der Waals surface area contributed by atoms with Gasteiger partial charge in [-0.2, -0.15) is 10.1 Å². The van der Waals surface area contributed by atoms with E-state index in [9.17, 15) is 0 Å². The second-order valence-corrected chi connectivity index (χ2v) is 5.18. The van der Waals surface area contributed by atoms with Crippen molar-refractivity contribution in [2.45, 2.75) is 13.8 Å². The molecule has 0 amide bonds. The number of anilines is 3. The molecule has 2 aromatic rings. The average Bonchev–Trinajstić information content (AvgIpc) is 2.52. The summed E-state index contributed by atoms with van der Waals surface area (Å²) in [5.41, 5.74) is 3.36. The highest BCUT2D eigenvalue weighted by molar-refractivity contribution is 5.59. The fraction of sp³-hybridized carbons (Fsp3) is 0.400. The van der Waals surface area contributed by atoms with E-state index < -0.39 is 0 Å². The zero-order valence-electron chi connectivity index (χ0n) is 12.3. The second kappa shape index (κ2) is 6.05. The fourth-order valence-corrected chi connectivity index (χ4v) is 2.28. The predicted octanol–water partition coefficient (Wildman–Crippen LogP) is 2.07. The first-order valence-corrected chi connectivity index (χ1v) is 7.09. The molecule has 1 aliphatic rings. The Morgan fingerprint density at radius 1 is 1.19 bits per heavy atom. The van der Waals surface area contributed by atoms with Gasteiger partial charge in [0.1, 0.15) is 0 Å². The smallest absolute Gasteiger partial charge is 0.249 e. The zero-order chi connectivity index (χ0) is 14.7. The number of nitrogens with one attached hydrogen (secondary N) is 1. The van der Waals surface area contributed by atoms with Gasteiger partial charge < -0.3 is 15.0 Å². The SMILES string of the molecule is Cc1ccc(C)c(Nc2nncc(N3CCOCC3)n2)c1. The summed E-state index contributed by atoms with van der Waals surface area (Å²) in [4.78, 5) is 6.71. The Kier molecular flexibility index (Phi) is 3.96. The van der Waals surface area contributed by atoms with Gasteiger partial charge in [0.05, 0.1) is 19.4 Å². The highest BCUT2D eigenvalue weighted by atomic mass is 16.5. The van der Waals surface area contributed by atoms with Crippen molar-refractivity contribution >= 4 is 17.5 Å². The molecule has 21 heavy (non-hydrogen) atoms. The van der Waals surface area contributed by atoms with E-state index >= 15 is 0 Å². The van der Waals surface area contributed by atoms with Crippen LogP contribution in [0.3, 0.4) is 0 Å². The van der Waals surface area contributed by atoms with E-state index in [1.54, 1.807) is 6.20 Å². The summed E-state index contributed by atoms with van der Waals surface area (Å²) in [6.07, 6.45) is 1.69. The number of hydrogen-bond acceptors (Lipinski definition) is 6. The number of aromatic nitrogens is 3.